The van der Waals surface area contributed by atoms with Crippen molar-refractivity contribution in [3.8, 4) is 28.3 Å². The molecule has 10 aromatic rings. The fourth-order valence-corrected chi connectivity index (χ4v) is 10.7. The Morgan fingerprint density at radius 3 is 2.04 bits per heavy atom. The first-order valence-electron chi connectivity index (χ1n) is 16.3. The lowest BCUT2D eigenvalue weighted by molar-refractivity contribution is 0.632. The van der Waals surface area contributed by atoms with E-state index in [1.54, 1.807) is 0 Å². The van der Waals surface area contributed by atoms with Crippen LogP contribution in [0.25, 0.3) is 90.6 Å². The fraction of sp³-hybridized carbons (Fsp3) is 0.0698. The summed E-state index contributed by atoms with van der Waals surface area (Å²) in [6.07, 6.45) is 0. The zero-order valence-electron chi connectivity index (χ0n) is 26.3. The Labute approximate surface area is 284 Å². The van der Waals surface area contributed by atoms with Crippen molar-refractivity contribution in [2.75, 3.05) is 0 Å². The van der Waals surface area contributed by atoms with Gasteiger partial charge in [-0.15, -0.1) is 22.7 Å². The molecule has 0 saturated carbocycles. The molecule has 0 N–H and O–H groups in total. The monoisotopic (exact) mass is 649 g/mol. The quantitative estimate of drug-likeness (QED) is 0.187. The number of hydrogen-bond donors (Lipinski definition) is 0. The van der Waals surface area contributed by atoms with Crippen LogP contribution in [0.3, 0.4) is 0 Å². The maximum Gasteiger partial charge on any atom is 0.161 e. The van der Waals surface area contributed by atoms with Gasteiger partial charge in [0.25, 0.3) is 0 Å². The zero-order chi connectivity index (χ0) is 31.7. The van der Waals surface area contributed by atoms with Crippen LogP contribution in [0.1, 0.15) is 25.0 Å². The molecule has 11 rings (SSSR count). The molecule has 5 heteroatoms. The van der Waals surface area contributed by atoms with Gasteiger partial charge in [-0.2, -0.15) is 0 Å². The Kier molecular flexibility index (Phi) is 5.21. The van der Waals surface area contributed by atoms with Gasteiger partial charge in [0.05, 0.1) is 32.6 Å². The van der Waals surface area contributed by atoms with Crippen LogP contribution >= 0.6 is 22.7 Å². The van der Waals surface area contributed by atoms with Crippen LogP contribution in [0.4, 0.5) is 0 Å². The van der Waals surface area contributed by atoms with E-state index < -0.39 is 0 Å². The summed E-state index contributed by atoms with van der Waals surface area (Å²) in [4.78, 5) is 10.7. The normalized spacial score (nSPS) is 13.8. The van der Waals surface area contributed by atoms with Gasteiger partial charge in [-0.25, -0.2) is 9.97 Å². The van der Waals surface area contributed by atoms with Gasteiger partial charge in [0.15, 0.2) is 5.82 Å². The number of para-hydroxylation sites is 2. The Bertz CT molecular complexity index is 2990. The van der Waals surface area contributed by atoms with Crippen LogP contribution in [0.15, 0.2) is 127 Å². The van der Waals surface area contributed by atoms with Crippen LogP contribution in [0.5, 0.6) is 0 Å². The molecule has 226 valence electrons. The lowest BCUT2D eigenvalue weighted by Crippen LogP contribution is -2.27. The van der Waals surface area contributed by atoms with Crippen molar-refractivity contribution in [2.24, 2.45) is 0 Å². The van der Waals surface area contributed by atoms with Crippen LogP contribution in [0.2, 0.25) is 0 Å². The Hall–Kier alpha value is -5.36. The van der Waals surface area contributed by atoms with E-state index in [0.29, 0.717) is 0 Å². The number of nitrogens with zero attached hydrogens (tertiary/aromatic N) is 3. The van der Waals surface area contributed by atoms with Crippen molar-refractivity contribution in [2.45, 2.75) is 19.3 Å². The van der Waals surface area contributed by atoms with Crippen molar-refractivity contribution in [3.63, 3.8) is 0 Å². The number of rotatable bonds is 2. The third kappa shape index (κ3) is 3.37. The fourth-order valence-electron chi connectivity index (χ4n) is 8.30. The molecule has 5 heterocycles. The minimum atomic E-state index is -0.268. The molecule has 0 amide bonds. The van der Waals surface area contributed by atoms with E-state index in [1.807, 2.05) is 22.7 Å². The van der Waals surface area contributed by atoms with Gasteiger partial charge in [-0.05, 0) is 41.5 Å². The predicted molar refractivity (Wildman–Crippen MR) is 205 cm³/mol. The van der Waals surface area contributed by atoms with E-state index in [2.05, 4.69) is 146 Å². The van der Waals surface area contributed by atoms with Crippen LogP contribution in [-0.2, 0) is 5.41 Å². The molecule has 1 aliphatic rings. The summed E-state index contributed by atoms with van der Waals surface area (Å²) in [5.74, 6) is 0.766. The first kappa shape index (κ1) is 26.7. The summed E-state index contributed by atoms with van der Waals surface area (Å²) in [6, 6.07) is 46.2. The minimum absolute atomic E-state index is 0.268. The smallest absolute Gasteiger partial charge is 0.161 e. The Morgan fingerprint density at radius 2 is 1.17 bits per heavy atom. The molecule has 48 heavy (non-hydrogen) atoms. The first-order chi connectivity index (χ1) is 23.6. The van der Waals surface area contributed by atoms with Crippen molar-refractivity contribution in [1.82, 2.24) is 14.5 Å². The standard InChI is InChI=1S/C43H27N3S2/c1-43(2)31-19-10-17-29-38(31)46(39-27-14-5-8-23-35(27)48-41(29)39)33-21-11-16-28(36(33)43)37-26-13-3-6-20-32(26)44-42(45-37)30-18-9-15-25-24-12-4-7-22-34(24)47-40(25)30/h3-23H,1-2H3. The molecule has 0 unspecified atom stereocenters. The maximum atomic E-state index is 5.52. The van der Waals surface area contributed by atoms with Crippen LogP contribution < -0.4 is 0 Å². The lowest BCUT2D eigenvalue weighted by Gasteiger charge is -2.36. The van der Waals surface area contributed by atoms with E-state index in [1.165, 1.54) is 68.2 Å². The first-order valence-corrected chi connectivity index (χ1v) is 18.0. The highest BCUT2D eigenvalue weighted by atomic mass is 32.1. The van der Waals surface area contributed by atoms with E-state index in [0.717, 1.165) is 33.5 Å². The molecule has 0 saturated heterocycles. The molecular weight excluding hydrogens is 623 g/mol. The van der Waals surface area contributed by atoms with E-state index in [9.17, 15) is 0 Å². The average molecular weight is 650 g/mol. The lowest BCUT2D eigenvalue weighted by atomic mass is 9.72. The second-order valence-corrected chi connectivity index (χ2v) is 15.4. The van der Waals surface area contributed by atoms with Gasteiger partial charge in [0.2, 0.25) is 0 Å². The number of benzene rings is 6. The highest BCUT2D eigenvalue weighted by molar-refractivity contribution is 7.27. The summed E-state index contributed by atoms with van der Waals surface area (Å²) >= 11 is 3.73. The molecule has 3 nitrogen and oxygen atoms in total. The largest absolute Gasteiger partial charge is 0.307 e. The molecule has 4 aromatic heterocycles. The van der Waals surface area contributed by atoms with Gasteiger partial charge in [-0.3, -0.25) is 0 Å². The molecule has 6 aromatic carbocycles. The van der Waals surface area contributed by atoms with Crippen LogP contribution in [-0.4, -0.2) is 14.5 Å². The van der Waals surface area contributed by atoms with Gasteiger partial charge >= 0.3 is 0 Å². The average Bonchev–Trinajstić information content (AvgIpc) is 3.79. The van der Waals surface area contributed by atoms with Crippen LogP contribution in [0, 0.1) is 0 Å². The highest BCUT2D eigenvalue weighted by Crippen LogP contribution is 2.53. The molecule has 0 radical (unpaired) electrons. The zero-order valence-corrected chi connectivity index (χ0v) is 27.9. The molecule has 0 bridgehead atoms. The van der Waals surface area contributed by atoms with Crippen molar-refractivity contribution in [3.05, 3.63) is 139 Å². The topological polar surface area (TPSA) is 30.7 Å². The second kappa shape index (κ2) is 9.38. The maximum absolute atomic E-state index is 5.52. The van der Waals surface area contributed by atoms with E-state index >= 15 is 0 Å². The van der Waals surface area contributed by atoms with Crippen molar-refractivity contribution < 1.29 is 0 Å². The highest BCUT2D eigenvalue weighted by Gasteiger charge is 2.38. The van der Waals surface area contributed by atoms with E-state index in [4.69, 9.17) is 9.97 Å². The number of hydrogen-bond acceptors (Lipinski definition) is 4. The predicted octanol–water partition coefficient (Wildman–Crippen LogP) is 12.3. The molecule has 1 aliphatic heterocycles. The molecular formula is C43H27N3S2. The molecule has 0 atom stereocenters. The third-order valence-corrected chi connectivity index (χ3v) is 12.8. The molecule has 0 spiro atoms. The van der Waals surface area contributed by atoms with E-state index in [-0.39, 0.29) is 5.41 Å². The Morgan fingerprint density at radius 1 is 0.521 bits per heavy atom. The minimum Gasteiger partial charge on any atom is -0.307 e. The number of thiophene rings is 2. The summed E-state index contributed by atoms with van der Waals surface area (Å²) in [6.45, 7) is 4.77. The SMILES string of the molecule is CC1(C)c2c(-c3nc(-c4cccc5c4sc4ccccc45)nc4ccccc34)cccc2-n2c3c1cccc3c1sc3ccccc3c12. The van der Waals surface area contributed by atoms with Gasteiger partial charge < -0.3 is 4.57 Å². The Balaban J connectivity index is 1.25. The summed E-state index contributed by atoms with van der Waals surface area (Å²) < 4.78 is 7.73. The molecule has 0 aliphatic carbocycles. The summed E-state index contributed by atoms with van der Waals surface area (Å²) in [5, 5.41) is 6.24. The summed E-state index contributed by atoms with van der Waals surface area (Å²) in [5.41, 5.74) is 10.4. The van der Waals surface area contributed by atoms with Gasteiger partial charge in [0.1, 0.15) is 0 Å². The number of aromatic nitrogens is 3. The number of fused-ring (bicyclic) bond motifs is 11. The van der Waals surface area contributed by atoms with Gasteiger partial charge in [0, 0.05) is 57.6 Å². The third-order valence-electron chi connectivity index (χ3n) is 10.4. The van der Waals surface area contributed by atoms with Gasteiger partial charge in [-0.1, -0.05) is 111 Å². The second-order valence-electron chi connectivity index (χ2n) is 13.3. The van der Waals surface area contributed by atoms with Crippen molar-refractivity contribution >= 4 is 85.0 Å². The molecule has 0 fully saturated rings. The summed E-state index contributed by atoms with van der Waals surface area (Å²) in [7, 11) is 0. The van der Waals surface area contributed by atoms with Crippen molar-refractivity contribution in [1.29, 1.82) is 0 Å².